The zero-order valence-corrected chi connectivity index (χ0v) is 32.2. The minimum atomic E-state index is -0.143. The molecular formula is C54H33BN2O3. The number of benzene rings is 9. The summed E-state index contributed by atoms with van der Waals surface area (Å²) in [6, 6.07) is 70.6. The minimum Gasteiger partial charge on any atom is -0.458 e. The van der Waals surface area contributed by atoms with E-state index in [-0.39, 0.29) is 6.71 Å². The van der Waals surface area contributed by atoms with Gasteiger partial charge in [-0.05, 0) is 88.8 Å². The van der Waals surface area contributed by atoms with E-state index >= 15 is 0 Å². The number of hydrogen-bond donors (Lipinski definition) is 0. The maximum atomic E-state index is 7.10. The van der Waals surface area contributed by atoms with E-state index in [2.05, 4.69) is 191 Å². The van der Waals surface area contributed by atoms with E-state index in [9.17, 15) is 0 Å². The smallest absolute Gasteiger partial charge is 0.260 e. The number of aromatic nitrogens is 1. The van der Waals surface area contributed by atoms with Crippen LogP contribution in [0.15, 0.2) is 205 Å². The molecule has 60 heavy (non-hydrogen) atoms. The zero-order valence-electron chi connectivity index (χ0n) is 32.2. The molecule has 0 aliphatic carbocycles. The Balaban J connectivity index is 1.08. The van der Waals surface area contributed by atoms with Crippen LogP contribution in [0.5, 0.6) is 23.0 Å². The molecule has 0 bridgehead atoms. The number of fused-ring (bicyclic) bond motifs is 10. The zero-order chi connectivity index (χ0) is 39.3. The molecule has 0 atom stereocenters. The fraction of sp³-hybridized carbons (Fsp3) is 0. The maximum absolute atomic E-state index is 7.10. The highest BCUT2D eigenvalue weighted by Crippen LogP contribution is 2.44. The van der Waals surface area contributed by atoms with Gasteiger partial charge in [0.05, 0.1) is 11.0 Å². The number of anilines is 3. The van der Waals surface area contributed by atoms with Crippen LogP contribution in [0.4, 0.5) is 17.1 Å². The highest BCUT2D eigenvalue weighted by molar-refractivity contribution is 6.98. The molecule has 280 valence electrons. The Labute approximate surface area is 346 Å². The van der Waals surface area contributed by atoms with Crippen LogP contribution in [0.25, 0.3) is 60.6 Å². The van der Waals surface area contributed by atoms with Crippen molar-refractivity contribution in [1.29, 1.82) is 0 Å². The second kappa shape index (κ2) is 12.8. The predicted octanol–water partition coefficient (Wildman–Crippen LogP) is 12.5. The summed E-state index contributed by atoms with van der Waals surface area (Å²) in [4.78, 5) is 2.32. The van der Waals surface area contributed by atoms with Crippen LogP contribution in [-0.4, -0.2) is 11.3 Å². The highest BCUT2D eigenvalue weighted by atomic mass is 16.5. The number of para-hydroxylation sites is 4. The Morgan fingerprint density at radius 2 is 0.967 bits per heavy atom. The van der Waals surface area contributed by atoms with Gasteiger partial charge in [0.25, 0.3) is 6.71 Å². The van der Waals surface area contributed by atoms with E-state index in [0.717, 1.165) is 117 Å². The summed E-state index contributed by atoms with van der Waals surface area (Å²) in [5.74, 6) is 3.22. The summed E-state index contributed by atoms with van der Waals surface area (Å²) >= 11 is 0. The molecule has 0 fully saturated rings. The molecule has 13 rings (SSSR count). The lowest BCUT2D eigenvalue weighted by Gasteiger charge is -2.33. The third-order valence-electron chi connectivity index (χ3n) is 12.3. The maximum Gasteiger partial charge on any atom is 0.260 e. The van der Waals surface area contributed by atoms with Crippen molar-refractivity contribution in [3.63, 3.8) is 0 Å². The van der Waals surface area contributed by atoms with Crippen molar-refractivity contribution < 1.29 is 13.9 Å². The molecular weight excluding hydrogens is 735 g/mol. The lowest BCUT2D eigenvalue weighted by molar-refractivity contribution is 0.465. The van der Waals surface area contributed by atoms with Gasteiger partial charge in [-0.2, -0.15) is 0 Å². The molecule has 0 N–H and O–H groups in total. The first-order valence-corrected chi connectivity index (χ1v) is 20.4. The summed E-state index contributed by atoms with van der Waals surface area (Å²) < 4.78 is 22.8. The van der Waals surface area contributed by atoms with Crippen LogP contribution in [-0.2, 0) is 0 Å². The average molecular weight is 769 g/mol. The second-order valence-corrected chi connectivity index (χ2v) is 15.7. The van der Waals surface area contributed by atoms with Gasteiger partial charge in [-0.25, -0.2) is 0 Å². The fourth-order valence-corrected chi connectivity index (χ4v) is 9.61. The Kier molecular flexibility index (Phi) is 7.04. The lowest BCUT2D eigenvalue weighted by Crippen LogP contribution is -2.57. The number of furan rings is 1. The van der Waals surface area contributed by atoms with E-state index in [1.165, 1.54) is 0 Å². The van der Waals surface area contributed by atoms with Crippen LogP contribution in [0.1, 0.15) is 0 Å². The number of hydrogen-bond acceptors (Lipinski definition) is 4. The van der Waals surface area contributed by atoms with Gasteiger partial charge in [0.2, 0.25) is 0 Å². The van der Waals surface area contributed by atoms with E-state index in [1.807, 2.05) is 18.2 Å². The standard InChI is InChI=1S/C54H33BN2O3/c1-5-15-34(16-6-1)35-27-52-54-53(28-35)60-51-33-49-43(41-23-13-14-24-48(41)58-49)31-45(51)55(54)44-30-42-40-26-25-39(56(36-17-7-2-8-18-36)37-19-9-3-10-20-37)29-46(40)57(38-21-11-4-12-22-38)47(42)32-50(44)59-52/h1-33H. The van der Waals surface area contributed by atoms with Gasteiger partial charge < -0.3 is 23.4 Å². The lowest BCUT2D eigenvalue weighted by atomic mass is 9.34. The van der Waals surface area contributed by atoms with Crippen molar-refractivity contribution in [3.05, 3.63) is 200 Å². The van der Waals surface area contributed by atoms with E-state index in [1.54, 1.807) is 0 Å². The molecule has 0 radical (unpaired) electrons. The van der Waals surface area contributed by atoms with Crippen LogP contribution in [0.3, 0.4) is 0 Å². The number of ether oxygens (including phenoxy) is 2. The minimum absolute atomic E-state index is 0.143. The highest BCUT2D eigenvalue weighted by Gasteiger charge is 2.41. The van der Waals surface area contributed by atoms with Gasteiger partial charge >= 0.3 is 0 Å². The van der Waals surface area contributed by atoms with Crippen LogP contribution in [0, 0.1) is 0 Å². The molecule has 0 saturated carbocycles. The van der Waals surface area contributed by atoms with E-state index in [0.29, 0.717) is 0 Å². The average Bonchev–Trinajstić information content (AvgIpc) is 3.82. The largest absolute Gasteiger partial charge is 0.458 e. The van der Waals surface area contributed by atoms with Gasteiger partial charge in [0, 0.05) is 61.9 Å². The van der Waals surface area contributed by atoms with Crippen molar-refractivity contribution in [2.24, 2.45) is 0 Å². The molecule has 0 spiro atoms. The van der Waals surface area contributed by atoms with Gasteiger partial charge in [-0.15, -0.1) is 0 Å². The third-order valence-corrected chi connectivity index (χ3v) is 12.3. The first kappa shape index (κ1) is 33.1. The van der Waals surface area contributed by atoms with Crippen molar-refractivity contribution in [2.45, 2.75) is 0 Å². The molecule has 2 aliphatic rings. The number of nitrogens with zero attached hydrogens (tertiary/aromatic N) is 2. The van der Waals surface area contributed by atoms with E-state index < -0.39 is 0 Å². The Hall–Kier alpha value is -7.96. The fourth-order valence-electron chi connectivity index (χ4n) is 9.61. The summed E-state index contributed by atoms with van der Waals surface area (Å²) in [6.45, 7) is -0.143. The normalized spacial score (nSPS) is 12.6. The quantitative estimate of drug-likeness (QED) is 0.164. The van der Waals surface area contributed by atoms with E-state index in [4.69, 9.17) is 13.9 Å². The molecule has 0 saturated heterocycles. The van der Waals surface area contributed by atoms with Crippen LogP contribution < -0.4 is 30.8 Å². The van der Waals surface area contributed by atoms with Crippen molar-refractivity contribution in [1.82, 2.24) is 4.57 Å². The van der Waals surface area contributed by atoms with Crippen molar-refractivity contribution >= 4 is 83.9 Å². The summed E-state index contributed by atoms with van der Waals surface area (Å²) in [5.41, 5.74) is 13.6. The molecule has 9 aromatic carbocycles. The molecule has 11 aromatic rings. The Morgan fingerprint density at radius 1 is 0.383 bits per heavy atom. The monoisotopic (exact) mass is 768 g/mol. The Morgan fingerprint density at radius 3 is 1.67 bits per heavy atom. The van der Waals surface area contributed by atoms with Gasteiger partial charge in [-0.3, -0.25) is 0 Å². The number of rotatable bonds is 5. The molecule has 6 heteroatoms. The molecule has 2 aromatic heterocycles. The first-order valence-electron chi connectivity index (χ1n) is 20.4. The molecule has 5 nitrogen and oxygen atoms in total. The summed E-state index contributed by atoms with van der Waals surface area (Å²) in [5, 5.41) is 4.48. The van der Waals surface area contributed by atoms with Gasteiger partial charge in [-0.1, -0.05) is 121 Å². The van der Waals surface area contributed by atoms with Gasteiger partial charge in [0.1, 0.15) is 34.2 Å². The van der Waals surface area contributed by atoms with Crippen LogP contribution >= 0.6 is 0 Å². The molecule has 2 aliphatic heterocycles. The molecule has 4 heterocycles. The summed E-state index contributed by atoms with van der Waals surface area (Å²) in [6.07, 6.45) is 0. The summed E-state index contributed by atoms with van der Waals surface area (Å²) in [7, 11) is 0. The third kappa shape index (κ3) is 4.94. The first-order chi connectivity index (χ1) is 29.7. The Bertz CT molecular complexity index is 3450. The molecule has 0 unspecified atom stereocenters. The second-order valence-electron chi connectivity index (χ2n) is 15.7. The van der Waals surface area contributed by atoms with Crippen molar-refractivity contribution in [2.75, 3.05) is 4.90 Å². The molecule has 0 amide bonds. The van der Waals surface area contributed by atoms with Crippen LogP contribution in [0.2, 0.25) is 0 Å². The van der Waals surface area contributed by atoms with Gasteiger partial charge in [0.15, 0.2) is 0 Å². The SMILES string of the molecule is c1ccc(-c2cc3c4c(c2)Oc2cc5c(cc2B4c2cc4c(cc2O3)oc2ccccc24)c2ccc(N(c3ccccc3)c3ccccc3)cc2n5-c2ccccc2)cc1. The predicted molar refractivity (Wildman–Crippen MR) is 246 cm³/mol. The van der Waals surface area contributed by atoms with Crippen molar-refractivity contribution in [3.8, 4) is 39.8 Å². The topological polar surface area (TPSA) is 39.8 Å².